The zero-order valence-electron chi connectivity index (χ0n) is 10.7. The maximum Gasteiger partial charge on any atom is 0.227 e. The maximum absolute atomic E-state index is 12.3. The molecule has 1 saturated heterocycles. The highest BCUT2D eigenvalue weighted by Gasteiger charge is 2.27. The Morgan fingerprint density at radius 2 is 2.11 bits per heavy atom. The van der Waals surface area contributed by atoms with E-state index in [2.05, 4.69) is 0 Å². The van der Waals surface area contributed by atoms with Gasteiger partial charge in [0.15, 0.2) is 0 Å². The van der Waals surface area contributed by atoms with Gasteiger partial charge in [0.25, 0.3) is 0 Å². The lowest BCUT2D eigenvalue weighted by molar-refractivity contribution is -0.131. The molecule has 2 rings (SSSR count). The third-order valence-electron chi connectivity index (χ3n) is 3.59. The number of nitrogens with zero attached hydrogens (tertiary/aromatic N) is 1. The van der Waals surface area contributed by atoms with Crippen LogP contribution >= 0.6 is 0 Å². The van der Waals surface area contributed by atoms with Gasteiger partial charge in [0.05, 0.1) is 6.42 Å². The molecule has 0 aliphatic carbocycles. The lowest BCUT2D eigenvalue weighted by Crippen LogP contribution is -2.36. The van der Waals surface area contributed by atoms with Gasteiger partial charge in [-0.1, -0.05) is 30.3 Å². The van der Waals surface area contributed by atoms with Gasteiger partial charge in [-0.3, -0.25) is 4.79 Å². The van der Waals surface area contributed by atoms with Crippen LogP contribution in [-0.2, 0) is 11.2 Å². The van der Waals surface area contributed by atoms with Gasteiger partial charge in [-0.2, -0.15) is 0 Å². The molecule has 1 aromatic carbocycles. The van der Waals surface area contributed by atoms with Crippen molar-refractivity contribution in [3.63, 3.8) is 0 Å². The molecular formula is C15H21NO2. The number of benzene rings is 1. The Balaban J connectivity index is 1.91. The fraction of sp³-hybridized carbons (Fsp3) is 0.533. The van der Waals surface area contributed by atoms with Gasteiger partial charge in [-0.05, 0) is 31.2 Å². The summed E-state index contributed by atoms with van der Waals surface area (Å²) in [5, 5.41) is 8.88. The number of aliphatic hydroxyl groups excluding tert-OH is 1. The Kier molecular flexibility index (Phi) is 4.76. The maximum atomic E-state index is 12.3. The topological polar surface area (TPSA) is 40.5 Å². The van der Waals surface area contributed by atoms with Gasteiger partial charge in [-0.25, -0.2) is 0 Å². The van der Waals surface area contributed by atoms with Gasteiger partial charge in [0.2, 0.25) is 5.91 Å². The molecule has 3 nitrogen and oxygen atoms in total. The van der Waals surface area contributed by atoms with Crippen molar-refractivity contribution in [2.45, 2.75) is 38.1 Å². The molecule has 3 heteroatoms. The number of hydrogen-bond donors (Lipinski definition) is 1. The molecule has 1 aliphatic heterocycles. The van der Waals surface area contributed by atoms with Crippen molar-refractivity contribution < 1.29 is 9.90 Å². The van der Waals surface area contributed by atoms with Crippen LogP contribution in [0.4, 0.5) is 0 Å². The smallest absolute Gasteiger partial charge is 0.227 e. The fourth-order valence-electron chi connectivity index (χ4n) is 2.66. The summed E-state index contributed by atoms with van der Waals surface area (Å²) in [5.74, 6) is 0.224. The van der Waals surface area contributed by atoms with Crippen LogP contribution in [0.15, 0.2) is 30.3 Å². The second-order valence-corrected chi connectivity index (χ2v) is 4.91. The third-order valence-corrected chi connectivity index (χ3v) is 3.59. The van der Waals surface area contributed by atoms with E-state index in [0.29, 0.717) is 12.5 Å². The summed E-state index contributed by atoms with van der Waals surface area (Å²) >= 11 is 0. The molecule has 1 amide bonds. The molecule has 1 atom stereocenters. The summed E-state index contributed by atoms with van der Waals surface area (Å²) < 4.78 is 0. The molecule has 1 aliphatic rings. The van der Waals surface area contributed by atoms with E-state index >= 15 is 0 Å². The summed E-state index contributed by atoms with van der Waals surface area (Å²) in [5.41, 5.74) is 1.08. The van der Waals surface area contributed by atoms with Gasteiger partial charge in [-0.15, -0.1) is 0 Å². The number of carbonyl (C=O) groups excluding carboxylic acids is 1. The lowest BCUT2D eigenvalue weighted by Gasteiger charge is -2.24. The van der Waals surface area contributed by atoms with Crippen LogP contribution in [0.1, 0.15) is 31.2 Å². The van der Waals surface area contributed by atoms with E-state index in [1.807, 2.05) is 35.2 Å². The molecule has 1 aromatic rings. The van der Waals surface area contributed by atoms with Crippen molar-refractivity contribution in [2.75, 3.05) is 13.2 Å². The minimum Gasteiger partial charge on any atom is -0.396 e. The van der Waals surface area contributed by atoms with Gasteiger partial charge in [0.1, 0.15) is 0 Å². The first-order valence-electron chi connectivity index (χ1n) is 6.75. The van der Waals surface area contributed by atoms with Crippen LogP contribution in [0, 0.1) is 0 Å². The van der Waals surface area contributed by atoms with Crippen LogP contribution in [0.3, 0.4) is 0 Å². The van der Waals surface area contributed by atoms with Crippen molar-refractivity contribution in [2.24, 2.45) is 0 Å². The van der Waals surface area contributed by atoms with Crippen molar-refractivity contribution >= 4 is 5.91 Å². The average Bonchev–Trinajstić information content (AvgIpc) is 2.86. The number of amides is 1. The summed E-state index contributed by atoms with van der Waals surface area (Å²) in [7, 11) is 0. The molecule has 0 aromatic heterocycles. The molecule has 0 radical (unpaired) electrons. The molecule has 0 spiro atoms. The van der Waals surface area contributed by atoms with Crippen molar-refractivity contribution in [3.8, 4) is 0 Å². The Hall–Kier alpha value is -1.35. The summed E-state index contributed by atoms with van der Waals surface area (Å²) in [6.07, 6.45) is 4.39. The van der Waals surface area contributed by atoms with Crippen molar-refractivity contribution in [1.29, 1.82) is 0 Å². The van der Waals surface area contributed by atoms with Crippen molar-refractivity contribution in [1.82, 2.24) is 4.90 Å². The lowest BCUT2D eigenvalue weighted by atomic mass is 10.1. The van der Waals surface area contributed by atoms with Crippen LogP contribution in [0.25, 0.3) is 0 Å². The Bertz CT molecular complexity index is 377. The molecule has 18 heavy (non-hydrogen) atoms. The second-order valence-electron chi connectivity index (χ2n) is 4.91. The third kappa shape index (κ3) is 3.33. The van der Waals surface area contributed by atoms with Crippen LogP contribution in [0.5, 0.6) is 0 Å². The standard InChI is InChI=1S/C15H21NO2/c17-11-5-9-14-8-4-10-16(14)15(18)12-13-6-2-1-3-7-13/h1-3,6-7,14,17H,4-5,8-12H2. The zero-order valence-corrected chi connectivity index (χ0v) is 10.7. The Morgan fingerprint density at radius 3 is 2.83 bits per heavy atom. The molecule has 1 unspecified atom stereocenters. The number of hydrogen-bond acceptors (Lipinski definition) is 2. The van der Waals surface area contributed by atoms with Gasteiger partial charge >= 0.3 is 0 Å². The fourth-order valence-corrected chi connectivity index (χ4v) is 2.66. The monoisotopic (exact) mass is 247 g/mol. The minimum atomic E-state index is 0.219. The Labute approximate surface area is 108 Å². The van der Waals surface area contributed by atoms with E-state index in [1.165, 1.54) is 0 Å². The number of aliphatic hydroxyl groups is 1. The molecule has 98 valence electrons. The number of rotatable bonds is 5. The average molecular weight is 247 g/mol. The van der Waals surface area contributed by atoms with Crippen LogP contribution in [0.2, 0.25) is 0 Å². The molecule has 0 bridgehead atoms. The van der Waals surface area contributed by atoms with E-state index in [0.717, 1.165) is 37.8 Å². The van der Waals surface area contributed by atoms with E-state index < -0.39 is 0 Å². The molecule has 1 heterocycles. The minimum absolute atomic E-state index is 0.219. The summed E-state index contributed by atoms with van der Waals surface area (Å²) in [6.45, 7) is 1.10. The molecule has 1 N–H and O–H groups in total. The van der Waals surface area contributed by atoms with E-state index in [1.54, 1.807) is 0 Å². The second kappa shape index (κ2) is 6.55. The highest BCUT2D eigenvalue weighted by Crippen LogP contribution is 2.22. The first kappa shape index (κ1) is 13.1. The predicted octanol–water partition coefficient (Wildman–Crippen LogP) is 1.99. The zero-order chi connectivity index (χ0) is 12.8. The van der Waals surface area contributed by atoms with Gasteiger partial charge in [0, 0.05) is 19.2 Å². The van der Waals surface area contributed by atoms with E-state index in [9.17, 15) is 4.79 Å². The quantitative estimate of drug-likeness (QED) is 0.864. The first-order valence-corrected chi connectivity index (χ1v) is 6.75. The van der Waals surface area contributed by atoms with Crippen molar-refractivity contribution in [3.05, 3.63) is 35.9 Å². The largest absolute Gasteiger partial charge is 0.396 e. The molecule has 1 fully saturated rings. The van der Waals surface area contributed by atoms with E-state index in [4.69, 9.17) is 5.11 Å². The highest BCUT2D eigenvalue weighted by atomic mass is 16.3. The van der Waals surface area contributed by atoms with Crippen LogP contribution in [-0.4, -0.2) is 35.1 Å². The number of carbonyl (C=O) groups is 1. The first-order chi connectivity index (χ1) is 8.81. The van der Waals surface area contributed by atoms with Crippen LogP contribution < -0.4 is 0 Å². The highest BCUT2D eigenvalue weighted by molar-refractivity contribution is 5.79. The summed E-state index contributed by atoms with van der Waals surface area (Å²) in [6, 6.07) is 10.2. The van der Waals surface area contributed by atoms with E-state index in [-0.39, 0.29) is 12.5 Å². The Morgan fingerprint density at radius 1 is 1.33 bits per heavy atom. The summed E-state index contributed by atoms with van der Waals surface area (Å²) in [4.78, 5) is 14.3. The predicted molar refractivity (Wildman–Crippen MR) is 71.2 cm³/mol. The SMILES string of the molecule is O=C(Cc1ccccc1)N1CCCC1CCCO. The number of likely N-dealkylation sites (tertiary alicyclic amines) is 1. The molecular weight excluding hydrogens is 226 g/mol. The normalized spacial score (nSPS) is 19.2. The van der Waals surface area contributed by atoms with Gasteiger partial charge < -0.3 is 10.0 Å². The molecule has 0 saturated carbocycles.